The van der Waals surface area contributed by atoms with Gasteiger partial charge in [0, 0.05) is 6.04 Å². The molecular weight excluding hydrogens is 212 g/mol. The van der Waals surface area contributed by atoms with Crippen molar-refractivity contribution in [2.45, 2.75) is 65.5 Å². The van der Waals surface area contributed by atoms with E-state index >= 15 is 0 Å². The Bertz CT molecular complexity index is 255. The van der Waals surface area contributed by atoms with Crippen LogP contribution in [0.4, 0.5) is 0 Å². The molecule has 100 valence electrons. The summed E-state index contributed by atoms with van der Waals surface area (Å²) in [5.41, 5.74) is 5.95. The molecule has 4 unspecified atom stereocenters. The molecule has 0 bridgehead atoms. The summed E-state index contributed by atoms with van der Waals surface area (Å²) in [5.74, 6) is 1.66. The molecule has 0 aromatic carbocycles. The van der Waals surface area contributed by atoms with Crippen molar-refractivity contribution in [3.05, 3.63) is 0 Å². The Labute approximate surface area is 106 Å². The number of carbonyl (C=O) groups is 1. The Morgan fingerprint density at radius 1 is 1.41 bits per heavy atom. The van der Waals surface area contributed by atoms with E-state index in [-0.39, 0.29) is 17.9 Å². The minimum atomic E-state index is -0.355. The van der Waals surface area contributed by atoms with Crippen LogP contribution in [0.5, 0.6) is 0 Å². The Hall–Kier alpha value is -0.570. The van der Waals surface area contributed by atoms with E-state index in [2.05, 4.69) is 26.1 Å². The van der Waals surface area contributed by atoms with Gasteiger partial charge >= 0.3 is 0 Å². The number of nitrogens with two attached hydrogens (primary N) is 1. The van der Waals surface area contributed by atoms with Crippen LogP contribution in [-0.2, 0) is 4.79 Å². The highest BCUT2D eigenvalue weighted by Gasteiger charge is 2.28. The first-order valence-corrected chi connectivity index (χ1v) is 7.01. The normalized spacial score (nSPS) is 32.9. The molecule has 0 aromatic heterocycles. The van der Waals surface area contributed by atoms with E-state index in [4.69, 9.17) is 5.73 Å². The smallest absolute Gasteiger partial charge is 0.237 e. The lowest BCUT2D eigenvalue weighted by Crippen LogP contribution is -2.51. The SMILES string of the molecule is CCC(C)[C@H](N)C(=O)NC1CCC(C)CC1C. The second-order valence-corrected chi connectivity index (χ2v) is 5.92. The Kier molecular flexibility index (Phi) is 5.44. The molecule has 0 aromatic rings. The van der Waals surface area contributed by atoms with Crippen LogP contribution < -0.4 is 11.1 Å². The maximum Gasteiger partial charge on any atom is 0.237 e. The lowest BCUT2D eigenvalue weighted by Gasteiger charge is -2.34. The summed E-state index contributed by atoms with van der Waals surface area (Å²) < 4.78 is 0. The Morgan fingerprint density at radius 3 is 2.59 bits per heavy atom. The molecule has 1 aliphatic carbocycles. The van der Waals surface area contributed by atoms with Gasteiger partial charge in [0.15, 0.2) is 0 Å². The zero-order valence-corrected chi connectivity index (χ0v) is 11.7. The maximum atomic E-state index is 12.0. The summed E-state index contributed by atoms with van der Waals surface area (Å²) >= 11 is 0. The molecule has 1 rings (SSSR count). The highest BCUT2D eigenvalue weighted by Crippen LogP contribution is 2.28. The predicted octanol–water partition coefficient (Wildman–Crippen LogP) is 2.30. The molecule has 0 saturated heterocycles. The molecule has 1 aliphatic rings. The van der Waals surface area contributed by atoms with Gasteiger partial charge in [-0.1, -0.05) is 34.1 Å². The zero-order chi connectivity index (χ0) is 13.0. The molecule has 1 amide bonds. The van der Waals surface area contributed by atoms with Crippen molar-refractivity contribution in [2.75, 3.05) is 0 Å². The molecule has 5 atom stereocenters. The molecule has 0 aliphatic heterocycles. The Morgan fingerprint density at radius 2 is 2.06 bits per heavy atom. The fourth-order valence-electron chi connectivity index (χ4n) is 2.67. The minimum absolute atomic E-state index is 0.0331. The first-order valence-electron chi connectivity index (χ1n) is 7.01. The van der Waals surface area contributed by atoms with Gasteiger partial charge in [0.05, 0.1) is 6.04 Å². The highest BCUT2D eigenvalue weighted by atomic mass is 16.2. The lowest BCUT2D eigenvalue weighted by molar-refractivity contribution is -0.124. The second kappa shape index (κ2) is 6.39. The molecule has 3 N–H and O–H groups in total. The summed E-state index contributed by atoms with van der Waals surface area (Å²) in [4.78, 5) is 12.0. The minimum Gasteiger partial charge on any atom is -0.352 e. The van der Waals surface area contributed by atoms with Crippen molar-refractivity contribution >= 4 is 5.91 Å². The molecule has 0 radical (unpaired) electrons. The summed E-state index contributed by atoms with van der Waals surface area (Å²) in [6.07, 6.45) is 4.48. The third kappa shape index (κ3) is 3.98. The first kappa shape index (κ1) is 14.5. The van der Waals surface area contributed by atoms with E-state index in [1.807, 2.05) is 6.92 Å². The van der Waals surface area contributed by atoms with Gasteiger partial charge in [-0.25, -0.2) is 0 Å². The van der Waals surface area contributed by atoms with Gasteiger partial charge in [-0.15, -0.1) is 0 Å². The predicted molar refractivity (Wildman–Crippen MR) is 71.5 cm³/mol. The summed E-state index contributed by atoms with van der Waals surface area (Å²) in [5, 5.41) is 3.14. The van der Waals surface area contributed by atoms with Gasteiger partial charge in [-0.05, 0) is 37.0 Å². The zero-order valence-electron chi connectivity index (χ0n) is 11.7. The van der Waals surface area contributed by atoms with E-state index in [0.29, 0.717) is 12.0 Å². The van der Waals surface area contributed by atoms with Gasteiger partial charge < -0.3 is 11.1 Å². The number of rotatable bonds is 4. The van der Waals surface area contributed by atoms with Gasteiger partial charge in [-0.3, -0.25) is 4.79 Å². The van der Waals surface area contributed by atoms with Crippen LogP contribution in [0.25, 0.3) is 0 Å². The third-order valence-electron chi connectivity index (χ3n) is 4.32. The van der Waals surface area contributed by atoms with E-state index in [9.17, 15) is 4.79 Å². The maximum absolute atomic E-state index is 12.0. The number of hydrogen-bond donors (Lipinski definition) is 2. The van der Waals surface area contributed by atoms with Gasteiger partial charge in [-0.2, -0.15) is 0 Å². The fourth-order valence-corrected chi connectivity index (χ4v) is 2.67. The van der Waals surface area contributed by atoms with E-state index in [0.717, 1.165) is 18.8 Å². The summed E-state index contributed by atoms with van der Waals surface area (Å²) in [7, 11) is 0. The average molecular weight is 240 g/mol. The van der Waals surface area contributed by atoms with Crippen LogP contribution in [0.1, 0.15) is 53.4 Å². The average Bonchev–Trinajstić information content (AvgIpc) is 2.30. The second-order valence-electron chi connectivity index (χ2n) is 5.92. The largest absolute Gasteiger partial charge is 0.352 e. The Balaban J connectivity index is 2.45. The van der Waals surface area contributed by atoms with E-state index < -0.39 is 0 Å². The third-order valence-corrected chi connectivity index (χ3v) is 4.32. The lowest BCUT2D eigenvalue weighted by atomic mass is 9.79. The van der Waals surface area contributed by atoms with Crippen molar-refractivity contribution in [1.82, 2.24) is 5.32 Å². The number of amides is 1. The van der Waals surface area contributed by atoms with Crippen LogP contribution in [0, 0.1) is 17.8 Å². The van der Waals surface area contributed by atoms with Crippen LogP contribution in [0.15, 0.2) is 0 Å². The number of nitrogens with one attached hydrogen (secondary N) is 1. The number of carbonyl (C=O) groups excluding carboxylic acids is 1. The van der Waals surface area contributed by atoms with Gasteiger partial charge in [0.1, 0.15) is 0 Å². The molecule has 1 fully saturated rings. The highest BCUT2D eigenvalue weighted by molar-refractivity contribution is 5.82. The van der Waals surface area contributed by atoms with Crippen LogP contribution in [0.3, 0.4) is 0 Å². The van der Waals surface area contributed by atoms with E-state index in [1.54, 1.807) is 0 Å². The number of hydrogen-bond acceptors (Lipinski definition) is 2. The monoisotopic (exact) mass is 240 g/mol. The van der Waals surface area contributed by atoms with Crippen LogP contribution in [0.2, 0.25) is 0 Å². The fraction of sp³-hybridized carbons (Fsp3) is 0.929. The van der Waals surface area contributed by atoms with Gasteiger partial charge in [0.25, 0.3) is 0 Å². The molecule has 1 saturated carbocycles. The van der Waals surface area contributed by atoms with E-state index in [1.165, 1.54) is 12.8 Å². The van der Waals surface area contributed by atoms with Crippen LogP contribution >= 0.6 is 0 Å². The van der Waals surface area contributed by atoms with Crippen molar-refractivity contribution in [2.24, 2.45) is 23.5 Å². The molecule has 3 nitrogen and oxygen atoms in total. The summed E-state index contributed by atoms with van der Waals surface area (Å²) in [6.45, 7) is 8.63. The quantitative estimate of drug-likeness (QED) is 0.792. The first-order chi connectivity index (χ1) is 7.95. The van der Waals surface area contributed by atoms with Crippen molar-refractivity contribution in [1.29, 1.82) is 0 Å². The molecule has 0 heterocycles. The van der Waals surface area contributed by atoms with Crippen molar-refractivity contribution in [3.8, 4) is 0 Å². The topological polar surface area (TPSA) is 55.1 Å². The molecule has 3 heteroatoms. The molecule has 17 heavy (non-hydrogen) atoms. The molecule has 0 spiro atoms. The standard InChI is InChI=1S/C14H28N2O/c1-5-10(3)13(15)14(17)16-12-7-6-9(2)8-11(12)4/h9-13H,5-8,15H2,1-4H3,(H,16,17)/t9?,10?,11?,12?,13-/m0/s1. The van der Waals surface area contributed by atoms with Gasteiger partial charge in [0.2, 0.25) is 5.91 Å². The van der Waals surface area contributed by atoms with Crippen molar-refractivity contribution < 1.29 is 4.79 Å². The van der Waals surface area contributed by atoms with Crippen LogP contribution in [-0.4, -0.2) is 18.0 Å². The van der Waals surface area contributed by atoms with Crippen molar-refractivity contribution in [3.63, 3.8) is 0 Å². The summed E-state index contributed by atoms with van der Waals surface area (Å²) in [6, 6.07) is -0.0274. The molecular formula is C14H28N2O.